The molecule has 0 aliphatic rings. The first-order valence-electron chi connectivity index (χ1n) is 8.09. The molecule has 0 aliphatic carbocycles. The predicted molar refractivity (Wildman–Crippen MR) is 99.5 cm³/mol. The van der Waals surface area contributed by atoms with Gasteiger partial charge in [-0.1, -0.05) is 25.5 Å². The summed E-state index contributed by atoms with van der Waals surface area (Å²) in [5.41, 5.74) is 1.05. The zero-order chi connectivity index (χ0) is 19.1. The Morgan fingerprint density at radius 1 is 1.38 bits per heavy atom. The fourth-order valence-corrected chi connectivity index (χ4v) is 3.18. The molecule has 134 valence electrons. The van der Waals surface area contributed by atoms with Gasteiger partial charge >= 0.3 is 5.97 Å². The minimum Gasteiger partial charge on any atom is -0.478 e. The van der Waals surface area contributed by atoms with Gasteiger partial charge in [0.05, 0.1) is 11.6 Å². The molecule has 0 saturated carbocycles. The number of amides is 1. The summed E-state index contributed by atoms with van der Waals surface area (Å²) < 4.78 is 0. The van der Waals surface area contributed by atoms with E-state index in [1.54, 1.807) is 30.8 Å². The first-order valence-corrected chi connectivity index (χ1v) is 8.97. The molecule has 0 radical (unpaired) electrons. The number of rotatable bonds is 7. The molecule has 0 fully saturated rings. The van der Waals surface area contributed by atoms with Gasteiger partial charge in [0.15, 0.2) is 0 Å². The quantitative estimate of drug-likeness (QED) is 0.592. The van der Waals surface area contributed by atoms with E-state index in [-0.39, 0.29) is 23.1 Å². The van der Waals surface area contributed by atoms with Crippen LogP contribution in [0.5, 0.6) is 0 Å². The third-order valence-corrected chi connectivity index (χ3v) is 4.69. The summed E-state index contributed by atoms with van der Waals surface area (Å²) in [4.78, 5) is 29.4. The van der Waals surface area contributed by atoms with E-state index in [1.807, 2.05) is 13.0 Å². The number of hydrogen-bond acceptors (Lipinski definition) is 5. The van der Waals surface area contributed by atoms with Gasteiger partial charge in [-0.15, -0.1) is 11.3 Å². The highest BCUT2D eigenvalue weighted by Gasteiger charge is 2.24. The van der Waals surface area contributed by atoms with E-state index in [1.165, 1.54) is 34.4 Å². The molecule has 0 bridgehead atoms. The Morgan fingerprint density at radius 3 is 2.58 bits per heavy atom. The molecular weight excluding hydrogens is 350 g/mol. The minimum atomic E-state index is -0.994. The second-order valence-corrected chi connectivity index (χ2v) is 6.61. The van der Waals surface area contributed by atoms with Crippen LogP contribution in [0.1, 0.15) is 46.7 Å². The van der Waals surface area contributed by atoms with E-state index in [0.29, 0.717) is 11.4 Å². The smallest absolute Gasteiger partial charge is 0.335 e. The van der Waals surface area contributed by atoms with Gasteiger partial charge in [-0.2, -0.15) is 5.26 Å². The lowest BCUT2D eigenvalue weighted by molar-refractivity contribution is -0.127. The maximum absolute atomic E-state index is 12.8. The average Bonchev–Trinajstić information content (AvgIpc) is 3.16. The second-order valence-electron chi connectivity index (χ2n) is 5.69. The van der Waals surface area contributed by atoms with Gasteiger partial charge in [-0.3, -0.25) is 4.79 Å². The van der Waals surface area contributed by atoms with Crippen molar-refractivity contribution in [1.82, 2.24) is 9.88 Å². The van der Waals surface area contributed by atoms with Crippen LogP contribution in [-0.2, 0) is 4.79 Å². The molecule has 0 spiro atoms. The van der Waals surface area contributed by atoms with E-state index >= 15 is 0 Å². The molecule has 0 saturated heterocycles. The molecule has 1 aromatic carbocycles. The highest BCUT2D eigenvalue weighted by atomic mass is 32.1. The van der Waals surface area contributed by atoms with Gasteiger partial charge in [0, 0.05) is 18.6 Å². The fourth-order valence-electron chi connectivity index (χ4n) is 2.61. The molecule has 2 rings (SSSR count). The first-order chi connectivity index (χ1) is 12.5. The number of hydrogen-bond donors (Lipinski definition) is 1. The van der Waals surface area contributed by atoms with Crippen molar-refractivity contribution in [3.8, 4) is 6.07 Å². The molecular formula is C19H19N3O3S. The third kappa shape index (κ3) is 4.55. The number of nitriles is 1. The molecule has 6 nitrogen and oxygen atoms in total. The first kappa shape index (κ1) is 19.3. The average molecular weight is 369 g/mol. The van der Waals surface area contributed by atoms with Gasteiger partial charge in [0.25, 0.3) is 5.91 Å². The Balaban J connectivity index is 2.29. The number of carbonyl (C=O) groups is 2. The summed E-state index contributed by atoms with van der Waals surface area (Å²) in [6.07, 6.45) is 4.63. The van der Waals surface area contributed by atoms with Crippen LogP contribution in [0, 0.1) is 11.3 Å². The number of carboxylic acids is 1. The number of thiazole rings is 1. The monoisotopic (exact) mass is 369 g/mol. The summed E-state index contributed by atoms with van der Waals surface area (Å²) in [5.74, 6) is -1.38. The minimum absolute atomic E-state index is 0.0192. The van der Waals surface area contributed by atoms with E-state index < -0.39 is 5.97 Å². The summed E-state index contributed by atoms with van der Waals surface area (Å²) in [6, 6.07) is 8.18. The molecule has 1 unspecified atom stereocenters. The van der Waals surface area contributed by atoms with Crippen LogP contribution in [0.3, 0.4) is 0 Å². The van der Waals surface area contributed by atoms with E-state index in [2.05, 4.69) is 4.98 Å². The maximum atomic E-state index is 12.8. The molecule has 7 heteroatoms. The Morgan fingerprint density at radius 2 is 2.08 bits per heavy atom. The summed E-state index contributed by atoms with van der Waals surface area (Å²) >= 11 is 1.35. The summed E-state index contributed by atoms with van der Waals surface area (Å²) in [6.45, 7) is 2.01. The van der Waals surface area contributed by atoms with Crippen LogP contribution < -0.4 is 0 Å². The van der Waals surface area contributed by atoms with Gasteiger partial charge in [-0.05, 0) is 30.2 Å². The Bertz CT molecular complexity index is 836. The topological polar surface area (TPSA) is 94.3 Å². The molecule has 1 aromatic heterocycles. The number of likely N-dealkylation sites (N-methyl/N-ethyl adjacent to an activating group) is 1. The Kier molecular flexibility index (Phi) is 6.64. The maximum Gasteiger partial charge on any atom is 0.335 e. The van der Waals surface area contributed by atoms with Gasteiger partial charge in [0.2, 0.25) is 0 Å². The van der Waals surface area contributed by atoms with E-state index in [9.17, 15) is 14.9 Å². The molecule has 1 atom stereocenters. The summed E-state index contributed by atoms with van der Waals surface area (Å²) in [5, 5.41) is 20.8. The Labute approximate surface area is 156 Å². The lowest BCUT2D eigenvalue weighted by Gasteiger charge is -2.28. The SMILES string of the molecule is CCCC(c1ccc(C(=O)O)cc1)N(C)C(=O)/C(C#N)=C/c1nccs1. The molecule has 1 amide bonds. The number of nitrogens with zero attached hydrogens (tertiary/aromatic N) is 3. The van der Waals surface area contributed by atoms with Crippen molar-refractivity contribution in [1.29, 1.82) is 5.26 Å². The van der Waals surface area contributed by atoms with Crippen LogP contribution in [0.15, 0.2) is 41.4 Å². The van der Waals surface area contributed by atoms with Gasteiger partial charge in [-0.25, -0.2) is 9.78 Å². The number of benzene rings is 1. The zero-order valence-corrected chi connectivity index (χ0v) is 15.4. The lowest BCUT2D eigenvalue weighted by Crippen LogP contribution is -2.32. The normalized spacial score (nSPS) is 12.3. The molecule has 1 N–H and O–H groups in total. The van der Waals surface area contributed by atoms with Crippen LogP contribution in [0.4, 0.5) is 0 Å². The van der Waals surface area contributed by atoms with E-state index in [0.717, 1.165) is 12.0 Å². The van der Waals surface area contributed by atoms with Crippen molar-refractivity contribution in [3.63, 3.8) is 0 Å². The van der Waals surface area contributed by atoms with Crippen LogP contribution in [-0.4, -0.2) is 33.9 Å². The second kappa shape index (κ2) is 8.92. The Hall–Kier alpha value is -2.98. The van der Waals surface area contributed by atoms with Crippen molar-refractivity contribution in [2.75, 3.05) is 7.05 Å². The number of carbonyl (C=O) groups excluding carboxylic acids is 1. The number of aromatic nitrogens is 1. The van der Waals surface area contributed by atoms with E-state index in [4.69, 9.17) is 5.11 Å². The van der Waals surface area contributed by atoms with Crippen LogP contribution in [0.25, 0.3) is 6.08 Å². The zero-order valence-electron chi connectivity index (χ0n) is 14.5. The van der Waals surface area contributed by atoms with Crippen molar-refractivity contribution in [2.24, 2.45) is 0 Å². The molecule has 2 aromatic rings. The largest absolute Gasteiger partial charge is 0.478 e. The van der Waals surface area contributed by atoms with Crippen molar-refractivity contribution >= 4 is 29.3 Å². The number of carboxylic acid groups (broad SMARTS) is 1. The van der Waals surface area contributed by atoms with Gasteiger partial charge in [0.1, 0.15) is 16.6 Å². The third-order valence-electron chi connectivity index (χ3n) is 3.96. The van der Waals surface area contributed by atoms with Crippen molar-refractivity contribution in [3.05, 3.63) is 57.6 Å². The number of aromatic carboxylic acids is 1. The standard InChI is InChI=1S/C19H19N3O3S/c1-3-4-16(13-5-7-14(8-6-13)19(24)25)22(2)18(23)15(12-20)11-17-21-9-10-26-17/h5-11,16H,3-4H2,1-2H3,(H,24,25)/b15-11+. The molecule has 26 heavy (non-hydrogen) atoms. The predicted octanol–water partition coefficient (Wildman–Crippen LogP) is 3.75. The van der Waals surface area contributed by atoms with Gasteiger partial charge < -0.3 is 10.0 Å². The highest BCUT2D eigenvalue weighted by molar-refractivity contribution is 7.10. The molecule has 1 heterocycles. The van der Waals surface area contributed by atoms with Crippen LogP contribution in [0.2, 0.25) is 0 Å². The van der Waals surface area contributed by atoms with Crippen molar-refractivity contribution in [2.45, 2.75) is 25.8 Å². The lowest BCUT2D eigenvalue weighted by atomic mass is 9.99. The summed E-state index contributed by atoms with van der Waals surface area (Å²) in [7, 11) is 1.65. The highest BCUT2D eigenvalue weighted by Crippen LogP contribution is 2.26. The van der Waals surface area contributed by atoms with Crippen LogP contribution >= 0.6 is 11.3 Å². The van der Waals surface area contributed by atoms with Crippen molar-refractivity contribution < 1.29 is 14.7 Å². The molecule has 0 aliphatic heterocycles. The fraction of sp³-hybridized carbons (Fsp3) is 0.263.